The Morgan fingerprint density at radius 1 is 1.75 bits per heavy atom. The Balaban J connectivity index is 3.49. The third kappa shape index (κ3) is 2.97. The summed E-state index contributed by atoms with van der Waals surface area (Å²) in [4.78, 5) is 23.1. The standard InChI is InChI=1S/C11H12ClNO3/c1-6(11(15)16)4-10(14)8-3-2-7(12)5-9(8)13/h2-3,5-6H,4,13H2,1H3,(H,15,16)/t6-/m0/s1/i2D,3D,4D,5D,6D/t4?,6-. The number of aliphatic carboxylic acids is 1. The van der Waals surface area contributed by atoms with Gasteiger partial charge in [0, 0.05) is 25.4 Å². The lowest BCUT2D eigenvalue weighted by Crippen LogP contribution is -2.15. The molecule has 1 rings (SSSR count). The van der Waals surface area contributed by atoms with E-state index in [9.17, 15) is 9.59 Å². The van der Waals surface area contributed by atoms with Crippen LogP contribution < -0.4 is 5.73 Å². The molecule has 16 heavy (non-hydrogen) atoms. The van der Waals surface area contributed by atoms with Gasteiger partial charge in [-0.3, -0.25) is 9.59 Å². The van der Waals surface area contributed by atoms with Crippen molar-refractivity contribution in [3.8, 4) is 0 Å². The fraction of sp³-hybridized carbons (Fsp3) is 0.273. The number of benzene rings is 1. The summed E-state index contributed by atoms with van der Waals surface area (Å²) in [5.74, 6) is -5.36. The molecule has 86 valence electrons. The molecule has 0 saturated heterocycles. The highest BCUT2D eigenvalue weighted by Crippen LogP contribution is 2.20. The van der Waals surface area contributed by atoms with Crippen molar-refractivity contribution in [3.05, 3.63) is 28.7 Å². The summed E-state index contributed by atoms with van der Waals surface area (Å²) in [6.07, 6.45) is -2.07. The molecule has 1 unspecified atom stereocenters. The number of nitrogen functional groups attached to an aromatic ring is 1. The quantitative estimate of drug-likeness (QED) is 0.631. The molecule has 5 heteroatoms. The topological polar surface area (TPSA) is 80.4 Å². The Morgan fingerprint density at radius 2 is 2.38 bits per heavy atom. The van der Waals surface area contributed by atoms with Crippen LogP contribution in [0.25, 0.3) is 0 Å². The molecule has 0 aliphatic carbocycles. The first-order chi connectivity index (χ1) is 9.44. The van der Waals surface area contributed by atoms with E-state index in [1.165, 1.54) is 0 Å². The van der Waals surface area contributed by atoms with Crippen LogP contribution in [0.15, 0.2) is 18.1 Å². The van der Waals surface area contributed by atoms with Gasteiger partial charge in [-0.05, 0) is 18.1 Å². The van der Waals surface area contributed by atoms with Gasteiger partial charge in [0.1, 0.15) is 0 Å². The number of carboxylic acid groups (broad SMARTS) is 1. The Morgan fingerprint density at radius 3 is 2.94 bits per heavy atom. The average molecular weight is 247 g/mol. The number of carboxylic acids is 1. The Kier molecular flexibility index (Phi) is 2.15. The van der Waals surface area contributed by atoms with Crippen LogP contribution in [0.1, 0.15) is 30.5 Å². The van der Waals surface area contributed by atoms with Crippen LogP contribution in [0.5, 0.6) is 0 Å². The van der Waals surface area contributed by atoms with E-state index >= 15 is 0 Å². The number of rotatable bonds is 4. The molecule has 0 aliphatic heterocycles. The van der Waals surface area contributed by atoms with Gasteiger partial charge in [-0.2, -0.15) is 0 Å². The lowest BCUT2D eigenvalue weighted by atomic mass is 9.99. The highest BCUT2D eigenvalue weighted by molar-refractivity contribution is 6.31. The van der Waals surface area contributed by atoms with E-state index in [0.717, 1.165) is 6.92 Å². The Bertz CT molecular complexity index is 606. The molecule has 1 aromatic carbocycles. The third-order valence-electron chi connectivity index (χ3n) is 1.74. The molecule has 0 aliphatic rings. The fourth-order valence-electron chi connectivity index (χ4n) is 0.922. The molecular formula is C11H12ClNO3. The van der Waals surface area contributed by atoms with E-state index in [1.807, 2.05) is 0 Å². The lowest BCUT2D eigenvalue weighted by molar-refractivity contribution is -0.141. The number of ketones is 1. The smallest absolute Gasteiger partial charge is 0.306 e. The number of hydrogen-bond acceptors (Lipinski definition) is 3. The minimum absolute atomic E-state index is 0.414. The number of carbonyl (C=O) groups is 2. The lowest BCUT2D eigenvalue weighted by Gasteiger charge is -2.07. The average Bonchev–Trinajstić information content (AvgIpc) is 2.41. The first kappa shape index (κ1) is 6.91. The van der Waals surface area contributed by atoms with Gasteiger partial charge in [0.2, 0.25) is 0 Å². The van der Waals surface area contributed by atoms with Crippen molar-refractivity contribution in [1.29, 1.82) is 0 Å². The maximum Gasteiger partial charge on any atom is 0.306 e. The highest BCUT2D eigenvalue weighted by Gasteiger charge is 2.18. The van der Waals surface area contributed by atoms with Crippen molar-refractivity contribution in [1.82, 2.24) is 0 Å². The second kappa shape index (κ2) is 4.99. The molecular weight excluding hydrogens is 230 g/mol. The van der Waals surface area contributed by atoms with E-state index in [2.05, 4.69) is 0 Å². The number of carbonyl (C=O) groups excluding carboxylic acids is 1. The van der Waals surface area contributed by atoms with Crippen LogP contribution in [0.3, 0.4) is 0 Å². The van der Waals surface area contributed by atoms with Crippen LogP contribution in [0, 0.1) is 5.89 Å². The van der Waals surface area contributed by atoms with Crippen LogP contribution in [-0.4, -0.2) is 16.9 Å². The third-order valence-corrected chi connectivity index (χ3v) is 1.93. The van der Waals surface area contributed by atoms with E-state index in [0.29, 0.717) is 0 Å². The maximum atomic E-state index is 12.2. The first-order valence-corrected chi connectivity index (χ1v) is 4.56. The zero-order valence-corrected chi connectivity index (χ0v) is 9.05. The van der Waals surface area contributed by atoms with Gasteiger partial charge in [-0.25, -0.2) is 0 Å². The van der Waals surface area contributed by atoms with Gasteiger partial charge in [0.15, 0.2) is 5.78 Å². The van der Waals surface area contributed by atoms with Crippen molar-refractivity contribution in [2.45, 2.75) is 13.3 Å². The minimum atomic E-state index is -2.46. The van der Waals surface area contributed by atoms with Gasteiger partial charge in [0.05, 0.1) is 10.0 Å². The zero-order valence-electron chi connectivity index (χ0n) is 13.3. The molecule has 0 spiro atoms. The number of nitrogens with two attached hydrogens (primary N) is 1. The summed E-state index contributed by atoms with van der Waals surface area (Å²) in [6, 6.07) is -1.86. The van der Waals surface area contributed by atoms with Crippen molar-refractivity contribution in [2.75, 3.05) is 5.73 Å². The summed E-state index contributed by atoms with van der Waals surface area (Å²) in [5.41, 5.74) is 4.38. The molecule has 2 atom stereocenters. The Labute approximate surface area is 105 Å². The van der Waals surface area contributed by atoms with Gasteiger partial charge in [-0.15, -0.1) is 0 Å². The molecule has 1 aromatic rings. The molecule has 0 radical (unpaired) electrons. The van der Waals surface area contributed by atoms with E-state index < -0.39 is 58.4 Å². The minimum Gasteiger partial charge on any atom is -0.481 e. The molecule has 0 heterocycles. The molecule has 0 fully saturated rings. The van der Waals surface area contributed by atoms with Crippen molar-refractivity contribution >= 4 is 29.0 Å². The van der Waals surface area contributed by atoms with Crippen LogP contribution in [0.4, 0.5) is 5.69 Å². The number of hydrogen-bond donors (Lipinski definition) is 2. The summed E-state index contributed by atoms with van der Waals surface area (Å²) >= 11 is 5.62. The maximum absolute atomic E-state index is 12.2. The normalized spacial score (nSPS) is 20.5. The van der Waals surface area contributed by atoms with Crippen LogP contribution in [0.2, 0.25) is 5.02 Å². The zero-order chi connectivity index (χ0) is 16.7. The summed E-state index contributed by atoms with van der Waals surface area (Å²) in [5, 5.41) is 8.45. The molecule has 0 aromatic heterocycles. The molecule has 0 bridgehead atoms. The summed E-state index contributed by atoms with van der Waals surface area (Å²) < 4.78 is 37.9. The van der Waals surface area contributed by atoms with Crippen LogP contribution in [-0.2, 0) is 4.79 Å². The highest BCUT2D eigenvalue weighted by atomic mass is 35.5. The monoisotopic (exact) mass is 246 g/mol. The number of Topliss-reactive ketones (excluding diaryl/α,β-unsaturated/α-hetero) is 1. The molecule has 3 N–H and O–H groups in total. The van der Waals surface area contributed by atoms with E-state index in [1.54, 1.807) is 0 Å². The van der Waals surface area contributed by atoms with Crippen molar-refractivity contribution in [2.24, 2.45) is 5.89 Å². The second-order valence-corrected chi connectivity index (χ2v) is 3.35. The molecule has 0 saturated carbocycles. The van der Waals surface area contributed by atoms with Crippen LogP contribution >= 0.6 is 11.6 Å². The van der Waals surface area contributed by atoms with Gasteiger partial charge >= 0.3 is 5.97 Å². The fourth-order valence-corrected chi connectivity index (χ4v) is 1.07. The van der Waals surface area contributed by atoms with Crippen molar-refractivity contribution in [3.63, 3.8) is 0 Å². The van der Waals surface area contributed by atoms with E-state index in [-0.39, 0.29) is 0 Å². The van der Waals surface area contributed by atoms with E-state index in [4.69, 9.17) is 29.3 Å². The summed E-state index contributed by atoms with van der Waals surface area (Å²) in [6.45, 7) is 0.865. The predicted molar refractivity (Wildman–Crippen MR) is 61.6 cm³/mol. The first-order valence-electron chi connectivity index (χ1n) is 6.76. The molecule has 4 nitrogen and oxygen atoms in total. The SMILES string of the molecule is [2H]c1c([2H])c(C(=O)C([2H])[C@]([2H])(C)C(=O)O)c(N)c([2H])c1Cl. The van der Waals surface area contributed by atoms with Crippen molar-refractivity contribution < 1.29 is 21.5 Å². The molecule has 0 amide bonds. The predicted octanol–water partition coefficient (Wildman–Crippen LogP) is 2.22. The van der Waals surface area contributed by atoms with Gasteiger partial charge < -0.3 is 10.8 Å². The largest absolute Gasteiger partial charge is 0.481 e. The van der Waals surface area contributed by atoms with Gasteiger partial charge in [-0.1, -0.05) is 18.5 Å². The number of anilines is 1. The van der Waals surface area contributed by atoms with Gasteiger partial charge in [0.25, 0.3) is 0 Å². The summed E-state index contributed by atoms with van der Waals surface area (Å²) in [7, 11) is 0. The Hall–Kier alpha value is -1.55. The second-order valence-electron chi connectivity index (χ2n) is 2.97. The number of halogens is 1.